The number of nitrogens with zero attached hydrogens (tertiary/aromatic N) is 1. The molecule has 1 fully saturated rings. The summed E-state index contributed by atoms with van der Waals surface area (Å²) in [7, 11) is 0. The van der Waals surface area contributed by atoms with Crippen molar-refractivity contribution in [3.63, 3.8) is 0 Å². The highest BCUT2D eigenvalue weighted by molar-refractivity contribution is 5.30. The van der Waals surface area contributed by atoms with Gasteiger partial charge in [0, 0.05) is 17.7 Å². The fraction of sp³-hybridized carbons (Fsp3) is 0.700. The number of nitrogen functional groups attached to an aromatic ring is 1. The number of aromatic amines is 1. The number of nitrogens with two attached hydrogens (primary N) is 1. The highest BCUT2D eigenvalue weighted by Crippen LogP contribution is 2.42. The second kappa shape index (κ2) is 3.99. The Balaban J connectivity index is 1.95. The molecule has 90 valence electrons. The minimum atomic E-state index is -4.04. The molecule has 1 aromatic heterocycles. The van der Waals surface area contributed by atoms with Crippen molar-refractivity contribution in [2.45, 2.75) is 37.8 Å². The molecule has 0 aromatic carbocycles. The lowest BCUT2D eigenvalue weighted by Crippen LogP contribution is -2.27. The number of halogens is 3. The summed E-state index contributed by atoms with van der Waals surface area (Å²) in [5, 5.41) is 6.56. The molecule has 1 saturated carbocycles. The van der Waals surface area contributed by atoms with Gasteiger partial charge in [-0.2, -0.15) is 18.3 Å². The summed E-state index contributed by atoms with van der Waals surface area (Å²) in [6.45, 7) is 0. The average molecular weight is 233 g/mol. The Hall–Kier alpha value is -1.20. The van der Waals surface area contributed by atoms with Gasteiger partial charge in [-0.25, -0.2) is 0 Å². The molecule has 0 unspecified atom stereocenters. The van der Waals surface area contributed by atoms with Gasteiger partial charge in [-0.3, -0.25) is 5.10 Å². The summed E-state index contributed by atoms with van der Waals surface area (Å²) < 4.78 is 37.3. The van der Waals surface area contributed by atoms with Crippen LogP contribution in [0.25, 0.3) is 0 Å². The Kier molecular flexibility index (Phi) is 2.82. The van der Waals surface area contributed by atoms with Crippen LogP contribution < -0.4 is 5.73 Å². The molecule has 3 nitrogen and oxygen atoms in total. The van der Waals surface area contributed by atoms with E-state index in [1.165, 1.54) is 0 Å². The molecule has 0 saturated heterocycles. The Labute approximate surface area is 91.2 Å². The summed E-state index contributed by atoms with van der Waals surface area (Å²) in [6, 6.07) is 1.71. The van der Waals surface area contributed by atoms with Gasteiger partial charge in [0.05, 0.1) is 5.92 Å². The quantitative estimate of drug-likeness (QED) is 0.783. The average Bonchev–Trinajstić information content (AvgIpc) is 2.64. The minimum Gasteiger partial charge on any atom is -0.382 e. The van der Waals surface area contributed by atoms with E-state index < -0.39 is 12.1 Å². The van der Waals surface area contributed by atoms with Crippen molar-refractivity contribution in [2.75, 3.05) is 5.73 Å². The number of alkyl halides is 3. The zero-order valence-electron chi connectivity index (χ0n) is 8.72. The van der Waals surface area contributed by atoms with Gasteiger partial charge in [-0.05, 0) is 25.7 Å². The molecule has 0 bridgehead atoms. The second-order valence-corrected chi connectivity index (χ2v) is 4.34. The van der Waals surface area contributed by atoms with Crippen LogP contribution in [0.1, 0.15) is 37.3 Å². The van der Waals surface area contributed by atoms with Gasteiger partial charge < -0.3 is 5.73 Å². The summed E-state index contributed by atoms with van der Waals surface area (Å²) in [6.07, 6.45) is -2.55. The third kappa shape index (κ3) is 2.31. The molecule has 6 heteroatoms. The largest absolute Gasteiger partial charge is 0.391 e. The van der Waals surface area contributed by atoms with E-state index in [1.54, 1.807) is 6.07 Å². The van der Waals surface area contributed by atoms with Gasteiger partial charge in [0.15, 0.2) is 0 Å². The first kappa shape index (κ1) is 11.3. The predicted octanol–water partition coefficient (Wildman–Crippen LogP) is 2.83. The smallest absolute Gasteiger partial charge is 0.382 e. The molecule has 0 spiro atoms. The first-order valence-electron chi connectivity index (χ1n) is 5.34. The van der Waals surface area contributed by atoms with Crippen molar-refractivity contribution in [1.29, 1.82) is 0 Å². The first-order valence-corrected chi connectivity index (χ1v) is 5.34. The van der Waals surface area contributed by atoms with Crippen LogP contribution in [0.5, 0.6) is 0 Å². The van der Waals surface area contributed by atoms with E-state index in [2.05, 4.69) is 10.2 Å². The molecular formula is C10H14F3N3. The van der Waals surface area contributed by atoms with Crippen molar-refractivity contribution < 1.29 is 13.2 Å². The molecule has 1 aromatic rings. The Morgan fingerprint density at radius 2 is 1.88 bits per heavy atom. The Bertz CT molecular complexity index is 350. The zero-order valence-corrected chi connectivity index (χ0v) is 8.72. The Morgan fingerprint density at radius 1 is 1.25 bits per heavy atom. The van der Waals surface area contributed by atoms with Crippen molar-refractivity contribution >= 4 is 5.82 Å². The fourth-order valence-corrected chi connectivity index (χ4v) is 2.29. The molecule has 16 heavy (non-hydrogen) atoms. The van der Waals surface area contributed by atoms with E-state index in [0.717, 1.165) is 5.69 Å². The van der Waals surface area contributed by atoms with Crippen LogP contribution in [0.15, 0.2) is 6.07 Å². The molecule has 1 heterocycles. The van der Waals surface area contributed by atoms with Crippen LogP contribution in [0.3, 0.4) is 0 Å². The number of hydrogen-bond acceptors (Lipinski definition) is 2. The van der Waals surface area contributed by atoms with E-state index in [-0.39, 0.29) is 18.8 Å². The van der Waals surface area contributed by atoms with Crippen LogP contribution >= 0.6 is 0 Å². The lowest BCUT2D eigenvalue weighted by atomic mass is 9.80. The minimum absolute atomic E-state index is 0.142. The maximum absolute atomic E-state index is 12.4. The van der Waals surface area contributed by atoms with Crippen molar-refractivity contribution in [3.8, 4) is 0 Å². The molecule has 0 radical (unpaired) electrons. The van der Waals surface area contributed by atoms with E-state index >= 15 is 0 Å². The predicted molar refractivity (Wildman–Crippen MR) is 53.8 cm³/mol. The van der Waals surface area contributed by atoms with Crippen molar-refractivity contribution in [3.05, 3.63) is 11.8 Å². The molecular weight excluding hydrogens is 219 g/mol. The summed E-state index contributed by atoms with van der Waals surface area (Å²) in [4.78, 5) is 0. The van der Waals surface area contributed by atoms with Gasteiger partial charge in [0.25, 0.3) is 0 Å². The van der Waals surface area contributed by atoms with Crippen LogP contribution in [0.4, 0.5) is 19.0 Å². The second-order valence-electron chi connectivity index (χ2n) is 4.34. The summed E-state index contributed by atoms with van der Waals surface area (Å²) in [5.41, 5.74) is 6.32. The van der Waals surface area contributed by atoms with Gasteiger partial charge in [-0.15, -0.1) is 0 Å². The zero-order chi connectivity index (χ0) is 11.8. The van der Waals surface area contributed by atoms with E-state index in [4.69, 9.17) is 5.73 Å². The topological polar surface area (TPSA) is 54.7 Å². The van der Waals surface area contributed by atoms with Crippen molar-refractivity contribution in [1.82, 2.24) is 10.2 Å². The van der Waals surface area contributed by atoms with Crippen LogP contribution in [0.2, 0.25) is 0 Å². The third-order valence-electron chi connectivity index (χ3n) is 3.25. The molecule has 3 N–H and O–H groups in total. The number of hydrogen-bond donors (Lipinski definition) is 2. The lowest BCUT2D eigenvalue weighted by molar-refractivity contribution is -0.182. The van der Waals surface area contributed by atoms with Gasteiger partial charge in [-0.1, -0.05) is 0 Å². The number of aromatic nitrogens is 2. The van der Waals surface area contributed by atoms with Crippen LogP contribution in [-0.2, 0) is 0 Å². The molecule has 0 atom stereocenters. The third-order valence-corrected chi connectivity index (χ3v) is 3.25. The van der Waals surface area contributed by atoms with Crippen molar-refractivity contribution in [2.24, 2.45) is 5.92 Å². The SMILES string of the molecule is Nc1cc(C2CCC(C(F)(F)F)CC2)[nH]n1. The number of rotatable bonds is 1. The summed E-state index contributed by atoms with van der Waals surface area (Å²) >= 11 is 0. The van der Waals surface area contributed by atoms with E-state index in [0.29, 0.717) is 18.7 Å². The normalized spacial score (nSPS) is 26.9. The molecule has 0 amide bonds. The summed E-state index contributed by atoms with van der Waals surface area (Å²) in [5.74, 6) is -0.597. The highest BCUT2D eigenvalue weighted by atomic mass is 19.4. The van der Waals surface area contributed by atoms with E-state index in [1.807, 2.05) is 0 Å². The number of H-pyrrole nitrogens is 1. The maximum atomic E-state index is 12.4. The van der Waals surface area contributed by atoms with Crippen LogP contribution in [-0.4, -0.2) is 16.4 Å². The first-order chi connectivity index (χ1) is 7.47. The van der Waals surface area contributed by atoms with Gasteiger partial charge >= 0.3 is 6.18 Å². The Morgan fingerprint density at radius 3 is 2.31 bits per heavy atom. The van der Waals surface area contributed by atoms with Gasteiger partial charge in [0.1, 0.15) is 5.82 Å². The monoisotopic (exact) mass is 233 g/mol. The molecule has 0 aliphatic heterocycles. The number of anilines is 1. The lowest BCUT2D eigenvalue weighted by Gasteiger charge is -2.29. The standard InChI is InChI=1S/C10H14F3N3/c11-10(12,13)7-3-1-6(2-4-7)8-5-9(14)16-15-8/h5-7H,1-4H2,(H3,14,15,16). The highest BCUT2D eigenvalue weighted by Gasteiger charge is 2.41. The number of nitrogens with one attached hydrogen (secondary N) is 1. The van der Waals surface area contributed by atoms with Gasteiger partial charge in [0.2, 0.25) is 0 Å². The molecule has 2 rings (SSSR count). The van der Waals surface area contributed by atoms with E-state index in [9.17, 15) is 13.2 Å². The van der Waals surface area contributed by atoms with Crippen LogP contribution in [0, 0.1) is 5.92 Å². The maximum Gasteiger partial charge on any atom is 0.391 e. The molecule has 1 aliphatic rings. The fourth-order valence-electron chi connectivity index (χ4n) is 2.29. The molecule has 1 aliphatic carbocycles.